The van der Waals surface area contributed by atoms with E-state index >= 15 is 0 Å². The minimum Gasteiger partial charge on any atom is -0.342 e. The van der Waals surface area contributed by atoms with E-state index < -0.39 is 0 Å². The fourth-order valence-corrected chi connectivity index (χ4v) is 2.67. The van der Waals surface area contributed by atoms with Crippen LogP contribution in [0.5, 0.6) is 0 Å². The van der Waals surface area contributed by atoms with Crippen molar-refractivity contribution in [3.8, 4) is 22.6 Å². The highest BCUT2D eigenvalue weighted by molar-refractivity contribution is 5.81. The summed E-state index contributed by atoms with van der Waals surface area (Å²) in [5.41, 5.74) is 6.01. The molecule has 5 nitrogen and oxygen atoms in total. The Morgan fingerprint density at radius 3 is 2.68 bits per heavy atom. The van der Waals surface area contributed by atoms with Crippen molar-refractivity contribution in [3.05, 3.63) is 54.2 Å². The molecule has 0 spiro atoms. The van der Waals surface area contributed by atoms with Crippen molar-refractivity contribution in [1.82, 2.24) is 24.9 Å². The van der Waals surface area contributed by atoms with E-state index in [9.17, 15) is 0 Å². The smallest absolute Gasteiger partial charge is 0.138 e. The van der Waals surface area contributed by atoms with Crippen LogP contribution in [0.1, 0.15) is 11.5 Å². The summed E-state index contributed by atoms with van der Waals surface area (Å²) < 4.78 is 0. The van der Waals surface area contributed by atoms with Gasteiger partial charge >= 0.3 is 0 Å². The molecule has 3 aromatic heterocycles. The molecule has 1 aromatic carbocycles. The molecule has 0 aliphatic rings. The Bertz CT molecular complexity index is 950. The number of nitrogens with zero attached hydrogens (tertiary/aromatic N) is 3. The molecule has 0 amide bonds. The molecule has 0 saturated carbocycles. The fraction of sp³-hybridized carbons (Fsp3) is 0.118. The molecule has 4 rings (SSSR count). The average Bonchev–Trinajstić information content (AvgIpc) is 3.09. The zero-order chi connectivity index (χ0) is 15.1. The van der Waals surface area contributed by atoms with Gasteiger partial charge in [0.05, 0.1) is 16.7 Å². The summed E-state index contributed by atoms with van der Waals surface area (Å²) in [6, 6.07) is 10.0. The van der Waals surface area contributed by atoms with E-state index in [-0.39, 0.29) is 0 Å². The molecule has 3 heterocycles. The number of fused-ring (bicyclic) bond motifs is 1. The summed E-state index contributed by atoms with van der Waals surface area (Å²) in [6.07, 6.45) is 3.59. The Kier molecular flexibility index (Phi) is 2.79. The fourth-order valence-electron chi connectivity index (χ4n) is 2.67. The lowest BCUT2D eigenvalue weighted by Crippen LogP contribution is -1.82. The summed E-state index contributed by atoms with van der Waals surface area (Å²) in [4.78, 5) is 19.9. The van der Waals surface area contributed by atoms with Gasteiger partial charge in [-0.15, -0.1) is 0 Å². The van der Waals surface area contributed by atoms with Gasteiger partial charge in [-0.25, -0.2) is 9.97 Å². The van der Waals surface area contributed by atoms with Gasteiger partial charge in [0, 0.05) is 29.2 Å². The second-order valence-electron chi connectivity index (χ2n) is 5.35. The molecule has 0 radical (unpaired) electrons. The first kappa shape index (κ1) is 12.8. The topological polar surface area (TPSA) is 70.2 Å². The molecule has 4 aromatic rings. The predicted molar refractivity (Wildman–Crippen MR) is 86.4 cm³/mol. The zero-order valence-corrected chi connectivity index (χ0v) is 12.4. The molecule has 0 aliphatic carbocycles. The van der Waals surface area contributed by atoms with Crippen molar-refractivity contribution in [3.63, 3.8) is 0 Å². The maximum atomic E-state index is 4.73. The number of nitrogens with one attached hydrogen (secondary N) is 2. The normalized spacial score (nSPS) is 11.2. The van der Waals surface area contributed by atoms with Gasteiger partial charge in [-0.3, -0.25) is 4.98 Å². The van der Waals surface area contributed by atoms with E-state index in [1.54, 1.807) is 6.20 Å². The third-order valence-electron chi connectivity index (χ3n) is 3.69. The van der Waals surface area contributed by atoms with Crippen LogP contribution in [0.15, 0.2) is 42.7 Å². The molecule has 5 heteroatoms. The zero-order valence-electron chi connectivity index (χ0n) is 12.4. The van der Waals surface area contributed by atoms with Crippen molar-refractivity contribution >= 4 is 11.0 Å². The van der Waals surface area contributed by atoms with Crippen LogP contribution < -0.4 is 0 Å². The highest BCUT2D eigenvalue weighted by Crippen LogP contribution is 2.26. The van der Waals surface area contributed by atoms with Crippen LogP contribution in [0.2, 0.25) is 0 Å². The molecule has 0 bridgehead atoms. The van der Waals surface area contributed by atoms with E-state index in [2.05, 4.69) is 26.0 Å². The van der Waals surface area contributed by atoms with E-state index in [0.29, 0.717) is 0 Å². The Balaban J connectivity index is 1.82. The first-order valence-electron chi connectivity index (χ1n) is 7.14. The Morgan fingerprint density at radius 2 is 1.86 bits per heavy atom. The van der Waals surface area contributed by atoms with Crippen LogP contribution >= 0.6 is 0 Å². The number of aromatic nitrogens is 5. The van der Waals surface area contributed by atoms with Crippen LogP contribution in [0, 0.1) is 13.8 Å². The van der Waals surface area contributed by atoms with Crippen LogP contribution in [-0.2, 0) is 0 Å². The lowest BCUT2D eigenvalue weighted by molar-refractivity contribution is 1.17. The molecule has 108 valence electrons. The largest absolute Gasteiger partial charge is 0.342 e. The second-order valence-corrected chi connectivity index (χ2v) is 5.35. The molecule has 0 atom stereocenters. The number of benzene rings is 1. The number of H-pyrrole nitrogens is 2. The predicted octanol–water partition coefficient (Wildman–Crippen LogP) is 3.63. The monoisotopic (exact) mass is 289 g/mol. The number of hydrogen-bond acceptors (Lipinski definition) is 3. The van der Waals surface area contributed by atoms with Gasteiger partial charge in [-0.2, -0.15) is 0 Å². The number of rotatable bonds is 2. The molecule has 22 heavy (non-hydrogen) atoms. The molecular weight excluding hydrogens is 274 g/mol. The maximum Gasteiger partial charge on any atom is 0.138 e. The van der Waals surface area contributed by atoms with Crippen molar-refractivity contribution in [2.75, 3.05) is 0 Å². The van der Waals surface area contributed by atoms with Crippen molar-refractivity contribution in [2.24, 2.45) is 0 Å². The molecule has 0 aliphatic heterocycles. The molecular formula is C17H15N5. The SMILES string of the molecule is Cc1nc2ccc(-c3nc(-c4cccnc4)c(C)[nH]3)cc2[nH]1. The standard InChI is InChI=1S/C17H15N5/c1-10-16(13-4-3-7-18-9-13)22-17(19-10)12-5-6-14-15(8-12)21-11(2)20-14/h3-9H,1-2H3,(H,19,22)(H,20,21). The first-order valence-corrected chi connectivity index (χ1v) is 7.14. The van der Waals surface area contributed by atoms with Crippen LogP contribution in [0.4, 0.5) is 0 Å². The van der Waals surface area contributed by atoms with E-state index in [1.165, 1.54) is 0 Å². The maximum absolute atomic E-state index is 4.73. The minimum absolute atomic E-state index is 0.852. The quantitative estimate of drug-likeness (QED) is 0.592. The van der Waals surface area contributed by atoms with Crippen LogP contribution in [0.25, 0.3) is 33.7 Å². The second kappa shape index (κ2) is 4.80. The number of aryl methyl sites for hydroxylation is 2. The van der Waals surface area contributed by atoms with E-state index in [4.69, 9.17) is 4.98 Å². The summed E-state index contributed by atoms with van der Waals surface area (Å²) >= 11 is 0. The van der Waals surface area contributed by atoms with Gasteiger partial charge in [0.25, 0.3) is 0 Å². The highest BCUT2D eigenvalue weighted by Gasteiger charge is 2.11. The van der Waals surface area contributed by atoms with Crippen molar-refractivity contribution in [1.29, 1.82) is 0 Å². The highest BCUT2D eigenvalue weighted by atomic mass is 14.9. The van der Waals surface area contributed by atoms with Gasteiger partial charge in [-0.1, -0.05) is 0 Å². The number of pyridine rings is 1. The molecule has 0 fully saturated rings. The first-order chi connectivity index (χ1) is 10.7. The summed E-state index contributed by atoms with van der Waals surface area (Å²) in [6.45, 7) is 3.98. The number of aromatic amines is 2. The van der Waals surface area contributed by atoms with Gasteiger partial charge in [-0.05, 0) is 44.2 Å². The average molecular weight is 289 g/mol. The number of hydrogen-bond donors (Lipinski definition) is 2. The summed E-state index contributed by atoms with van der Waals surface area (Å²) in [7, 11) is 0. The van der Waals surface area contributed by atoms with E-state index in [0.717, 1.165) is 45.2 Å². The van der Waals surface area contributed by atoms with Gasteiger partial charge < -0.3 is 9.97 Å². The molecule has 2 N–H and O–H groups in total. The third kappa shape index (κ3) is 2.07. The molecule has 0 saturated heterocycles. The minimum atomic E-state index is 0.852. The Hall–Kier alpha value is -2.95. The van der Waals surface area contributed by atoms with Crippen LogP contribution in [-0.4, -0.2) is 24.9 Å². The Labute approximate surface area is 127 Å². The summed E-state index contributed by atoms with van der Waals surface area (Å²) in [5, 5.41) is 0. The van der Waals surface area contributed by atoms with Crippen molar-refractivity contribution in [2.45, 2.75) is 13.8 Å². The number of imidazole rings is 2. The van der Waals surface area contributed by atoms with Gasteiger partial charge in [0.15, 0.2) is 0 Å². The lowest BCUT2D eigenvalue weighted by Gasteiger charge is -1.97. The van der Waals surface area contributed by atoms with Crippen LogP contribution in [0.3, 0.4) is 0 Å². The van der Waals surface area contributed by atoms with Gasteiger partial charge in [0.1, 0.15) is 11.6 Å². The van der Waals surface area contributed by atoms with Gasteiger partial charge in [0.2, 0.25) is 0 Å². The Morgan fingerprint density at radius 1 is 0.955 bits per heavy atom. The van der Waals surface area contributed by atoms with Crippen molar-refractivity contribution < 1.29 is 0 Å². The molecule has 0 unspecified atom stereocenters. The lowest BCUT2D eigenvalue weighted by atomic mass is 10.2. The summed E-state index contributed by atoms with van der Waals surface area (Å²) in [5.74, 6) is 1.77. The third-order valence-corrected chi connectivity index (χ3v) is 3.69. The van der Waals surface area contributed by atoms with E-state index in [1.807, 2.05) is 44.3 Å².